The molecule has 25 heteroatoms. The fourth-order valence-corrected chi connectivity index (χ4v) is 8.54. The number of aliphatic hydroxyl groups is 2. The van der Waals surface area contributed by atoms with Gasteiger partial charge < -0.3 is 36.2 Å². The number of carbonyl (C=O) groups excluding carboxylic acids is 6. The maximum Gasteiger partial charge on any atom is 0.362 e. The largest absolute Gasteiger partial charge is 0.387 e. The van der Waals surface area contributed by atoms with Crippen LogP contribution in [0.2, 0.25) is 0 Å². The third kappa shape index (κ3) is 10.8. The summed E-state index contributed by atoms with van der Waals surface area (Å²) in [6.07, 6.45) is -3.80. The van der Waals surface area contributed by atoms with E-state index >= 15 is 0 Å². The first-order chi connectivity index (χ1) is 31.0. The minimum atomic E-state index is -4.78. The molecule has 3 aliphatic heterocycles. The smallest absolute Gasteiger partial charge is 0.362 e. The molecule has 0 bridgehead atoms. The van der Waals surface area contributed by atoms with Crippen molar-refractivity contribution in [3.8, 4) is 0 Å². The molecule has 3 aliphatic rings. The molecule has 2 aromatic heterocycles. The van der Waals surface area contributed by atoms with E-state index in [2.05, 4.69) is 25.9 Å². The fourth-order valence-electron chi connectivity index (χ4n) is 7.79. The predicted molar refractivity (Wildman–Crippen MR) is 221 cm³/mol. The van der Waals surface area contributed by atoms with Crippen molar-refractivity contribution < 1.29 is 65.3 Å². The molecule has 2 aromatic carbocycles. The summed E-state index contributed by atoms with van der Waals surface area (Å²) < 4.78 is 53.7. The van der Waals surface area contributed by atoms with Gasteiger partial charge in [-0.25, -0.2) is 13.7 Å². The second-order valence-corrected chi connectivity index (χ2v) is 17.0. The summed E-state index contributed by atoms with van der Waals surface area (Å²) in [5, 5.41) is 29.4. The monoisotopic (exact) mass is 925 g/mol. The normalized spacial score (nSPS) is 20.8. The average molecular weight is 926 g/mol. The summed E-state index contributed by atoms with van der Waals surface area (Å²) in [5.74, 6) is -3.91. The highest BCUT2D eigenvalue weighted by molar-refractivity contribution is 7.85. The van der Waals surface area contributed by atoms with Crippen LogP contribution in [-0.4, -0.2) is 111 Å². The lowest BCUT2D eigenvalue weighted by Gasteiger charge is -2.29. The van der Waals surface area contributed by atoms with E-state index in [1.807, 2.05) is 0 Å². The molecule has 7 rings (SSSR count). The van der Waals surface area contributed by atoms with Crippen LogP contribution < -0.4 is 36.5 Å². The maximum atomic E-state index is 13.5. The number of halogens is 1. The molecule has 5 atom stereocenters. The van der Waals surface area contributed by atoms with Crippen molar-refractivity contribution in [1.82, 2.24) is 34.8 Å². The molecule has 346 valence electrons. The van der Waals surface area contributed by atoms with Crippen LogP contribution in [0.3, 0.4) is 0 Å². The third-order valence-corrected chi connectivity index (χ3v) is 12.0. The summed E-state index contributed by atoms with van der Waals surface area (Å²) in [6, 6.07) is 9.60. The number of imidazole rings is 1. The van der Waals surface area contributed by atoms with Crippen molar-refractivity contribution >= 4 is 68.5 Å². The first-order valence-electron chi connectivity index (χ1n) is 20.6. The summed E-state index contributed by atoms with van der Waals surface area (Å²) in [4.78, 5) is 95.3. The van der Waals surface area contributed by atoms with Crippen molar-refractivity contribution in [1.29, 1.82) is 0 Å². The predicted octanol–water partition coefficient (Wildman–Crippen LogP) is -1.36. The number of benzene rings is 2. The number of H-pyrrole nitrogens is 1. The SMILES string of the molecule is Nc1nc2c(c(=O)[nH]1)n(Cc1ccc(F)cc1)c[n+]2[C@@H]1O[C@H](COS(=O)(=O)NC(=O)CCC(=O)NCCCCCC(=O)Nc2cccc3c2CN(C2CCC(=O)NC2=O)C3=O)[C@@H](O)[C@H]1O. The first kappa shape index (κ1) is 46.3. The Labute approximate surface area is 368 Å². The number of aromatic amines is 1. The number of carbonyl (C=O) groups is 6. The summed E-state index contributed by atoms with van der Waals surface area (Å²) in [5.41, 5.74) is 7.08. The molecule has 9 N–H and O–H groups in total. The van der Waals surface area contributed by atoms with Gasteiger partial charge in [-0.05, 0) is 49.1 Å². The first-order valence-corrected chi connectivity index (χ1v) is 22.0. The molecule has 0 saturated carbocycles. The van der Waals surface area contributed by atoms with Crippen molar-refractivity contribution in [2.75, 3.05) is 24.2 Å². The number of imide groups is 1. The highest BCUT2D eigenvalue weighted by atomic mass is 32.2. The molecule has 2 fully saturated rings. The number of aliphatic hydroxyl groups excluding tert-OH is 2. The van der Waals surface area contributed by atoms with Gasteiger partial charge in [-0.15, -0.1) is 0 Å². The average Bonchev–Trinajstić information content (AvgIpc) is 3.88. The summed E-state index contributed by atoms with van der Waals surface area (Å²) in [7, 11) is -4.78. The van der Waals surface area contributed by atoms with Gasteiger partial charge in [0.25, 0.3) is 17.4 Å². The Kier molecular flexibility index (Phi) is 14.0. The van der Waals surface area contributed by atoms with E-state index in [4.69, 9.17) is 14.7 Å². The van der Waals surface area contributed by atoms with E-state index in [0.29, 0.717) is 41.6 Å². The summed E-state index contributed by atoms with van der Waals surface area (Å²) >= 11 is 0. The number of nitrogen functional groups attached to an aromatic ring is 1. The quantitative estimate of drug-likeness (QED) is 0.0325. The molecular weight excluding hydrogens is 880 g/mol. The Hall–Kier alpha value is -6.67. The van der Waals surface area contributed by atoms with Gasteiger partial charge in [-0.1, -0.05) is 29.6 Å². The summed E-state index contributed by atoms with van der Waals surface area (Å²) in [6.45, 7) is -0.474. The lowest BCUT2D eigenvalue weighted by Crippen LogP contribution is -2.52. The zero-order chi connectivity index (χ0) is 46.6. The zero-order valence-electron chi connectivity index (χ0n) is 34.5. The van der Waals surface area contributed by atoms with Crippen LogP contribution in [0.15, 0.2) is 53.6 Å². The number of rotatable bonds is 18. The van der Waals surface area contributed by atoms with Gasteiger partial charge >= 0.3 is 16.0 Å². The Balaban J connectivity index is 0.804. The van der Waals surface area contributed by atoms with Crippen molar-refractivity contribution in [2.45, 2.75) is 95.0 Å². The van der Waals surface area contributed by atoms with Gasteiger partial charge in [-0.2, -0.15) is 8.42 Å². The van der Waals surface area contributed by atoms with Crippen molar-refractivity contribution in [3.63, 3.8) is 0 Å². The number of nitrogens with zero attached hydrogens (tertiary/aromatic N) is 4. The minimum Gasteiger partial charge on any atom is -0.387 e. The van der Waals surface area contributed by atoms with E-state index in [-0.39, 0.29) is 74.2 Å². The van der Waals surface area contributed by atoms with Crippen LogP contribution in [0.25, 0.3) is 11.2 Å². The lowest BCUT2D eigenvalue weighted by atomic mass is 10.0. The Morgan fingerprint density at radius 3 is 2.49 bits per heavy atom. The number of anilines is 2. The van der Waals surface area contributed by atoms with E-state index in [0.717, 1.165) is 0 Å². The molecule has 6 amide bonds. The van der Waals surface area contributed by atoms with Crippen LogP contribution >= 0.6 is 0 Å². The van der Waals surface area contributed by atoms with E-state index in [9.17, 15) is 56.6 Å². The number of amides is 6. The van der Waals surface area contributed by atoms with Gasteiger partial charge in [0.2, 0.25) is 41.3 Å². The van der Waals surface area contributed by atoms with Crippen LogP contribution in [-0.2, 0) is 56.3 Å². The standard InChI is InChI=1S/C40H45FN10O13S/c41-22-10-8-21(9-11-22)17-49-20-51(35-32(49)37(59)47-40(42)46-35)39-34(57)33(56)27(64-39)19-63-65(61,62)48-31(55)15-14-28(52)43-16-3-1-2-7-29(53)44-25-6-4-5-23-24(25)18-50(38(23)60)26-12-13-30(54)45-36(26)58/h4-6,8-11,20,26-27,33-34,39,56-57H,1-3,7,12-19H2,(H6-,42,43,44,45,46,47,48,52,53,54,55,58,59)/p+1/t26?,27-,33-,34-,39-/m1/s1. The molecule has 23 nitrogen and oxygen atoms in total. The minimum absolute atomic E-state index is 0.00295. The third-order valence-electron chi connectivity index (χ3n) is 11.0. The molecule has 1 unspecified atom stereocenters. The number of nitrogens with one attached hydrogen (secondary N) is 5. The van der Waals surface area contributed by atoms with Gasteiger partial charge in [0.15, 0.2) is 6.33 Å². The van der Waals surface area contributed by atoms with Crippen LogP contribution in [0.5, 0.6) is 0 Å². The van der Waals surface area contributed by atoms with Crippen LogP contribution in [0.1, 0.15) is 79.1 Å². The molecule has 2 saturated heterocycles. The highest BCUT2D eigenvalue weighted by Crippen LogP contribution is 2.33. The molecule has 4 aromatic rings. The van der Waals surface area contributed by atoms with Gasteiger partial charge in [-0.3, -0.25) is 52.6 Å². The molecule has 5 heterocycles. The number of nitrogens with two attached hydrogens (primary N) is 1. The number of hydrogen-bond donors (Lipinski definition) is 8. The lowest BCUT2D eigenvalue weighted by molar-refractivity contribution is -0.745. The number of ether oxygens (including phenoxy) is 1. The maximum absolute atomic E-state index is 13.5. The molecular formula is C40H46FN10O13S+. The topological polar surface area (TPSA) is 327 Å². The van der Waals surface area contributed by atoms with E-state index in [1.54, 1.807) is 22.9 Å². The Morgan fingerprint density at radius 1 is 0.985 bits per heavy atom. The van der Waals surface area contributed by atoms with Gasteiger partial charge in [0.05, 0.1) is 13.2 Å². The Morgan fingerprint density at radius 2 is 1.74 bits per heavy atom. The number of hydrogen-bond acceptors (Lipinski definition) is 15. The molecule has 65 heavy (non-hydrogen) atoms. The second kappa shape index (κ2) is 19.6. The number of aromatic nitrogens is 4. The fraction of sp³-hybridized carbons (Fsp3) is 0.425. The van der Waals surface area contributed by atoms with Crippen molar-refractivity contribution in [3.05, 3.63) is 81.7 Å². The molecule has 0 spiro atoms. The Bertz CT molecular complexity index is 2690. The van der Waals surface area contributed by atoms with Gasteiger partial charge in [0, 0.05) is 55.6 Å². The number of fused-ring (bicyclic) bond motifs is 2. The van der Waals surface area contributed by atoms with Crippen molar-refractivity contribution in [2.24, 2.45) is 0 Å². The highest BCUT2D eigenvalue weighted by Gasteiger charge is 2.48. The van der Waals surface area contributed by atoms with Gasteiger partial charge in [0.1, 0.15) is 30.2 Å². The molecule has 0 radical (unpaired) electrons. The zero-order valence-corrected chi connectivity index (χ0v) is 35.3. The number of piperidine rings is 1. The number of unbranched alkanes of at least 4 members (excludes halogenated alkanes) is 2. The van der Waals surface area contributed by atoms with Crippen LogP contribution in [0, 0.1) is 5.82 Å². The second-order valence-electron chi connectivity index (χ2n) is 15.7. The van der Waals surface area contributed by atoms with E-state index < -0.39 is 88.9 Å². The van der Waals surface area contributed by atoms with Crippen LogP contribution in [0.4, 0.5) is 16.0 Å². The van der Waals surface area contributed by atoms with E-state index in [1.165, 1.54) is 44.6 Å². The molecule has 0 aliphatic carbocycles.